The number of nitrogens with zero attached hydrogens (tertiary/aromatic N) is 1. The lowest BCUT2D eigenvalue weighted by molar-refractivity contribution is -0.0764. The predicted octanol–water partition coefficient (Wildman–Crippen LogP) is 2.20. The van der Waals surface area contributed by atoms with Crippen LogP contribution in [0.2, 0.25) is 8.67 Å². The van der Waals surface area contributed by atoms with E-state index >= 15 is 0 Å². The largest absolute Gasteiger partial charge is 0.387 e. The van der Waals surface area contributed by atoms with E-state index < -0.39 is 15.6 Å². The Labute approximate surface area is 119 Å². The molecule has 1 N–H and O–H groups in total. The number of sulfonamides is 1. The summed E-state index contributed by atoms with van der Waals surface area (Å²) in [6.07, 6.45) is 1.96. The second-order valence-corrected chi connectivity index (χ2v) is 9.03. The van der Waals surface area contributed by atoms with E-state index in [0.717, 1.165) is 24.2 Å². The van der Waals surface area contributed by atoms with Gasteiger partial charge in [0.05, 0.1) is 9.94 Å². The number of hydrogen-bond donors (Lipinski definition) is 1. The third-order valence-corrected chi connectivity index (χ3v) is 7.03. The minimum absolute atomic E-state index is 0.0389. The van der Waals surface area contributed by atoms with Crippen LogP contribution in [0, 0.1) is 5.92 Å². The normalized spacial score (nSPS) is 23.9. The second-order valence-electron chi connectivity index (χ2n) is 4.84. The third kappa shape index (κ3) is 1.99. The minimum Gasteiger partial charge on any atom is -0.387 e. The SMILES string of the molecule is O=S(=O)(c1cc(Cl)sc1Cl)N1CC(O)(C2CC2)C1. The fourth-order valence-electron chi connectivity index (χ4n) is 2.25. The molecule has 0 unspecified atom stereocenters. The number of halogens is 2. The van der Waals surface area contributed by atoms with Gasteiger partial charge in [0, 0.05) is 13.1 Å². The van der Waals surface area contributed by atoms with Crippen LogP contribution in [0.5, 0.6) is 0 Å². The number of aliphatic hydroxyl groups is 1. The molecule has 8 heteroatoms. The summed E-state index contributed by atoms with van der Waals surface area (Å²) in [7, 11) is -3.62. The molecule has 2 aliphatic rings. The van der Waals surface area contributed by atoms with Crippen molar-refractivity contribution in [1.29, 1.82) is 0 Å². The quantitative estimate of drug-likeness (QED) is 0.925. The lowest BCUT2D eigenvalue weighted by Crippen LogP contribution is -2.64. The van der Waals surface area contributed by atoms with Gasteiger partial charge < -0.3 is 5.11 Å². The number of thiophene rings is 1. The van der Waals surface area contributed by atoms with E-state index in [0.29, 0.717) is 4.34 Å². The van der Waals surface area contributed by atoms with Gasteiger partial charge in [-0.25, -0.2) is 8.42 Å². The van der Waals surface area contributed by atoms with Crippen molar-refractivity contribution in [1.82, 2.24) is 4.31 Å². The van der Waals surface area contributed by atoms with Crippen molar-refractivity contribution in [3.8, 4) is 0 Å². The highest BCUT2D eigenvalue weighted by Crippen LogP contribution is 2.47. The summed E-state index contributed by atoms with van der Waals surface area (Å²) in [4.78, 5) is 0.0389. The Balaban J connectivity index is 1.82. The van der Waals surface area contributed by atoms with Gasteiger partial charge in [0.25, 0.3) is 0 Å². The van der Waals surface area contributed by atoms with Crippen molar-refractivity contribution in [2.45, 2.75) is 23.3 Å². The van der Waals surface area contributed by atoms with E-state index in [-0.39, 0.29) is 28.2 Å². The van der Waals surface area contributed by atoms with Crippen LogP contribution < -0.4 is 0 Å². The monoisotopic (exact) mass is 327 g/mol. The van der Waals surface area contributed by atoms with Crippen LogP contribution in [-0.4, -0.2) is 36.5 Å². The molecule has 4 nitrogen and oxygen atoms in total. The summed E-state index contributed by atoms with van der Waals surface area (Å²) in [6, 6.07) is 1.36. The van der Waals surface area contributed by atoms with E-state index in [1.807, 2.05) is 0 Å². The van der Waals surface area contributed by atoms with Gasteiger partial charge in [0.2, 0.25) is 10.0 Å². The molecule has 3 rings (SSSR count). The Hall–Kier alpha value is 0.150. The average Bonchev–Trinajstić information content (AvgIpc) is 3.00. The maximum absolute atomic E-state index is 12.3. The van der Waals surface area contributed by atoms with Gasteiger partial charge in [-0.2, -0.15) is 4.31 Å². The summed E-state index contributed by atoms with van der Waals surface area (Å²) >= 11 is 12.7. The van der Waals surface area contributed by atoms with Gasteiger partial charge >= 0.3 is 0 Å². The molecule has 2 heterocycles. The Morgan fingerprint density at radius 3 is 2.44 bits per heavy atom. The van der Waals surface area contributed by atoms with Crippen LogP contribution in [0.4, 0.5) is 0 Å². The summed E-state index contributed by atoms with van der Waals surface area (Å²) < 4.78 is 26.3. The molecule has 100 valence electrons. The molecule has 1 saturated carbocycles. The van der Waals surface area contributed by atoms with Crippen LogP contribution in [-0.2, 0) is 10.0 Å². The molecular formula is C10H11Cl2NO3S2. The van der Waals surface area contributed by atoms with E-state index in [9.17, 15) is 13.5 Å². The van der Waals surface area contributed by atoms with Gasteiger partial charge in [-0.05, 0) is 24.8 Å². The molecule has 2 fully saturated rings. The van der Waals surface area contributed by atoms with Crippen molar-refractivity contribution >= 4 is 44.6 Å². The summed E-state index contributed by atoms with van der Waals surface area (Å²) in [5.41, 5.74) is -0.834. The van der Waals surface area contributed by atoms with E-state index in [1.165, 1.54) is 10.4 Å². The predicted molar refractivity (Wildman–Crippen MR) is 70.8 cm³/mol. The molecule has 0 radical (unpaired) electrons. The molecule has 1 saturated heterocycles. The lowest BCUT2D eigenvalue weighted by atomic mass is 9.91. The molecule has 0 atom stereocenters. The van der Waals surface area contributed by atoms with E-state index in [1.54, 1.807) is 0 Å². The van der Waals surface area contributed by atoms with E-state index in [2.05, 4.69) is 0 Å². The van der Waals surface area contributed by atoms with Crippen LogP contribution in [0.3, 0.4) is 0 Å². The zero-order chi connectivity index (χ0) is 13.1. The fraction of sp³-hybridized carbons (Fsp3) is 0.600. The first-order chi connectivity index (χ1) is 8.33. The van der Waals surface area contributed by atoms with Crippen LogP contribution in [0.25, 0.3) is 0 Å². The highest BCUT2D eigenvalue weighted by atomic mass is 35.5. The zero-order valence-electron chi connectivity index (χ0n) is 9.27. The number of rotatable bonds is 3. The molecule has 1 aliphatic heterocycles. The highest BCUT2D eigenvalue weighted by Gasteiger charge is 2.55. The first kappa shape index (κ1) is 13.1. The Bertz CT molecular complexity index is 588. The first-order valence-electron chi connectivity index (χ1n) is 5.50. The summed E-state index contributed by atoms with van der Waals surface area (Å²) in [5, 5.41) is 10.1. The van der Waals surface area contributed by atoms with Gasteiger partial charge in [0.15, 0.2) is 0 Å². The van der Waals surface area contributed by atoms with Crippen molar-refractivity contribution in [3.05, 3.63) is 14.7 Å². The molecule has 0 aromatic carbocycles. The maximum Gasteiger partial charge on any atom is 0.245 e. The fourth-order valence-corrected chi connectivity index (χ4v) is 5.93. The lowest BCUT2D eigenvalue weighted by Gasteiger charge is -2.45. The molecular weight excluding hydrogens is 317 g/mol. The molecule has 0 bridgehead atoms. The minimum atomic E-state index is -3.62. The topological polar surface area (TPSA) is 57.6 Å². The third-order valence-electron chi connectivity index (χ3n) is 3.48. The highest BCUT2D eigenvalue weighted by molar-refractivity contribution is 7.89. The van der Waals surface area contributed by atoms with E-state index in [4.69, 9.17) is 23.2 Å². The Kier molecular flexibility index (Phi) is 2.97. The van der Waals surface area contributed by atoms with Crippen molar-refractivity contribution in [2.24, 2.45) is 5.92 Å². The van der Waals surface area contributed by atoms with Crippen molar-refractivity contribution in [2.75, 3.05) is 13.1 Å². The second kappa shape index (κ2) is 4.07. The Morgan fingerprint density at radius 1 is 1.39 bits per heavy atom. The van der Waals surface area contributed by atoms with Crippen LogP contribution >= 0.6 is 34.5 Å². The summed E-state index contributed by atoms with van der Waals surface area (Å²) in [5.74, 6) is 0.255. The molecule has 18 heavy (non-hydrogen) atoms. The Morgan fingerprint density at radius 2 is 2.00 bits per heavy atom. The number of β-amino-alcohol motifs (C(OH)–C–C–N with tert-alkyl or cyclic N) is 1. The van der Waals surface area contributed by atoms with Gasteiger partial charge in [-0.1, -0.05) is 23.2 Å². The molecule has 0 spiro atoms. The smallest absolute Gasteiger partial charge is 0.245 e. The van der Waals surface area contributed by atoms with Gasteiger partial charge in [-0.15, -0.1) is 11.3 Å². The van der Waals surface area contributed by atoms with Gasteiger partial charge in [-0.3, -0.25) is 0 Å². The molecule has 1 aromatic rings. The molecule has 1 aromatic heterocycles. The molecule has 0 amide bonds. The van der Waals surface area contributed by atoms with Gasteiger partial charge in [0.1, 0.15) is 9.23 Å². The number of hydrogen-bond acceptors (Lipinski definition) is 4. The van der Waals surface area contributed by atoms with Crippen LogP contribution in [0.1, 0.15) is 12.8 Å². The zero-order valence-corrected chi connectivity index (χ0v) is 12.4. The van der Waals surface area contributed by atoms with Crippen molar-refractivity contribution < 1.29 is 13.5 Å². The first-order valence-corrected chi connectivity index (χ1v) is 8.51. The van der Waals surface area contributed by atoms with Crippen molar-refractivity contribution in [3.63, 3.8) is 0 Å². The molecule has 1 aliphatic carbocycles. The standard InChI is InChI=1S/C10H11Cl2NO3S2/c11-8-3-7(9(12)17-8)18(15,16)13-4-10(14,5-13)6-1-2-6/h3,6,14H,1-2,4-5H2. The average molecular weight is 328 g/mol. The van der Waals surface area contributed by atoms with Crippen LogP contribution in [0.15, 0.2) is 11.0 Å². The maximum atomic E-state index is 12.3. The summed E-state index contributed by atoms with van der Waals surface area (Å²) in [6.45, 7) is 0.313.